The summed E-state index contributed by atoms with van der Waals surface area (Å²) in [5.74, 6) is 2.15. The minimum absolute atomic E-state index is 0.233. The van der Waals surface area contributed by atoms with Crippen LogP contribution in [0.15, 0.2) is 40.8 Å². The van der Waals surface area contributed by atoms with Gasteiger partial charge < -0.3 is 9.73 Å². The van der Waals surface area contributed by atoms with Gasteiger partial charge in [-0.2, -0.15) is 0 Å². The van der Waals surface area contributed by atoms with Gasteiger partial charge in [0, 0.05) is 5.54 Å². The van der Waals surface area contributed by atoms with Gasteiger partial charge in [-0.15, -0.1) is 0 Å². The van der Waals surface area contributed by atoms with Crippen molar-refractivity contribution >= 4 is 0 Å². The molecule has 4 aliphatic carbocycles. The first-order valence-corrected chi connectivity index (χ1v) is 9.95. The molecule has 4 fully saturated rings. The highest BCUT2D eigenvalue weighted by molar-refractivity contribution is 5.58. The molecule has 0 aliphatic heterocycles. The third-order valence-electron chi connectivity index (χ3n) is 7.06. The predicted molar refractivity (Wildman–Crippen MR) is 101 cm³/mol. The van der Waals surface area contributed by atoms with Gasteiger partial charge >= 0.3 is 0 Å². The Hall–Kier alpha value is -1.61. The number of hydrogen-bond acceptors (Lipinski definition) is 2. The lowest BCUT2D eigenvalue weighted by Gasteiger charge is -2.65. The molecule has 1 aromatic heterocycles. The normalized spacial score (nSPS) is 38.0. The molecule has 1 aromatic carbocycles. The fraction of sp³-hybridized carbons (Fsp3) is 0.565. The van der Waals surface area contributed by atoms with E-state index in [1.54, 1.807) is 12.1 Å². The molecule has 26 heavy (non-hydrogen) atoms. The van der Waals surface area contributed by atoms with E-state index in [9.17, 15) is 4.39 Å². The van der Waals surface area contributed by atoms with Gasteiger partial charge in [0.15, 0.2) is 0 Å². The standard InChI is InChI=1S/C23H28FNO/c1-21-9-16-10-22(2,13-21)15-23(11-16,14-21)25-12-17-7-8-20(26-17)18-5-3-4-6-19(18)24/h3-8,16,25H,9-15H2,1-2H3. The van der Waals surface area contributed by atoms with Crippen molar-refractivity contribution in [3.05, 3.63) is 48.0 Å². The quantitative estimate of drug-likeness (QED) is 0.737. The van der Waals surface area contributed by atoms with Crippen molar-refractivity contribution in [2.24, 2.45) is 16.7 Å². The molecule has 0 amide bonds. The van der Waals surface area contributed by atoms with Crippen LogP contribution in [-0.2, 0) is 6.54 Å². The summed E-state index contributed by atoms with van der Waals surface area (Å²) in [6, 6.07) is 10.7. The fourth-order valence-electron chi connectivity index (χ4n) is 7.20. The minimum Gasteiger partial charge on any atom is -0.460 e. The number of hydrogen-bond donors (Lipinski definition) is 1. The van der Waals surface area contributed by atoms with Crippen molar-refractivity contribution < 1.29 is 8.81 Å². The molecule has 0 spiro atoms. The van der Waals surface area contributed by atoms with Crippen LogP contribution < -0.4 is 5.32 Å². The first-order chi connectivity index (χ1) is 12.4. The van der Waals surface area contributed by atoms with E-state index in [-0.39, 0.29) is 11.4 Å². The highest BCUT2D eigenvalue weighted by Crippen LogP contribution is 2.66. The molecule has 0 saturated heterocycles. The lowest BCUT2D eigenvalue weighted by atomic mass is 9.43. The topological polar surface area (TPSA) is 25.2 Å². The van der Waals surface area contributed by atoms with Crippen molar-refractivity contribution in [2.75, 3.05) is 0 Å². The van der Waals surface area contributed by atoms with Gasteiger partial charge in [0.25, 0.3) is 0 Å². The lowest BCUT2D eigenvalue weighted by molar-refractivity contribution is -0.118. The summed E-state index contributed by atoms with van der Waals surface area (Å²) in [7, 11) is 0. The molecule has 4 saturated carbocycles. The number of furan rings is 1. The molecule has 2 unspecified atom stereocenters. The summed E-state index contributed by atoms with van der Waals surface area (Å²) in [5.41, 5.74) is 1.80. The second-order valence-electron chi connectivity index (χ2n) is 10.0. The van der Waals surface area contributed by atoms with Gasteiger partial charge in [0.1, 0.15) is 17.3 Å². The number of rotatable bonds is 4. The Kier molecular flexibility index (Phi) is 3.47. The maximum Gasteiger partial charge on any atom is 0.137 e. The molecule has 6 rings (SSSR count). The Morgan fingerprint density at radius 2 is 1.73 bits per heavy atom. The summed E-state index contributed by atoms with van der Waals surface area (Å²) in [6.45, 7) is 5.72. The van der Waals surface area contributed by atoms with E-state index >= 15 is 0 Å². The average Bonchev–Trinajstić information content (AvgIpc) is 2.99. The van der Waals surface area contributed by atoms with E-state index in [0.29, 0.717) is 22.2 Å². The molecule has 1 heterocycles. The second-order valence-corrected chi connectivity index (χ2v) is 10.0. The van der Waals surface area contributed by atoms with Crippen molar-refractivity contribution in [3.63, 3.8) is 0 Å². The molecule has 4 bridgehead atoms. The van der Waals surface area contributed by atoms with Gasteiger partial charge in [-0.3, -0.25) is 0 Å². The molecule has 0 radical (unpaired) electrons. The molecule has 138 valence electrons. The van der Waals surface area contributed by atoms with E-state index in [1.165, 1.54) is 44.6 Å². The summed E-state index contributed by atoms with van der Waals surface area (Å²) in [4.78, 5) is 0. The van der Waals surface area contributed by atoms with Crippen molar-refractivity contribution in [1.29, 1.82) is 0 Å². The van der Waals surface area contributed by atoms with Crippen LogP contribution in [0.1, 0.15) is 58.1 Å². The Balaban J connectivity index is 1.34. The Labute approximate surface area is 155 Å². The number of benzene rings is 1. The number of nitrogens with one attached hydrogen (secondary N) is 1. The maximum atomic E-state index is 14.0. The van der Waals surface area contributed by atoms with Crippen LogP contribution in [0.4, 0.5) is 4.39 Å². The Bertz CT molecular complexity index is 822. The zero-order valence-electron chi connectivity index (χ0n) is 15.8. The van der Waals surface area contributed by atoms with E-state index in [4.69, 9.17) is 4.42 Å². The summed E-state index contributed by atoms with van der Waals surface area (Å²) in [5, 5.41) is 3.89. The maximum absolute atomic E-state index is 14.0. The first-order valence-electron chi connectivity index (χ1n) is 9.95. The van der Waals surface area contributed by atoms with Crippen LogP contribution in [-0.4, -0.2) is 5.54 Å². The van der Waals surface area contributed by atoms with Crippen molar-refractivity contribution in [3.8, 4) is 11.3 Å². The molecule has 1 N–H and O–H groups in total. The van der Waals surface area contributed by atoms with Crippen LogP contribution in [0.5, 0.6) is 0 Å². The fourth-order valence-corrected chi connectivity index (χ4v) is 7.20. The zero-order valence-corrected chi connectivity index (χ0v) is 15.8. The van der Waals surface area contributed by atoms with E-state index in [0.717, 1.165) is 18.2 Å². The van der Waals surface area contributed by atoms with Gasteiger partial charge in [0.05, 0.1) is 12.1 Å². The van der Waals surface area contributed by atoms with Crippen LogP contribution >= 0.6 is 0 Å². The highest BCUT2D eigenvalue weighted by Gasteiger charge is 2.59. The third kappa shape index (κ3) is 2.72. The minimum atomic E-state index is -0.233. The number of halogens is 1. The molecule has 2 aromatic rings. The van der Waals surface area contributed by atoms with Crippen LogP contribution in [0.3, 0.4) is 0 Å². The van der Waals surface area contributed by atoms with Crippen LogP contribution in [0, 0.1) is 22.6 Å². The first kappa shape index (κ1) is 16.6. The van der Waals surface area contributed by atoms with Gasteiger partial charge in [-0.25, -0.2) is 4.39 Å². The third-order valence-corrected chi connectivity index (χ3v) is 7.06. The van der Waals surface area contributed by atoms with Gasteiger partial charge in [-0.1, -0.05) is 26.0 Å². The second kappa shape index (κ2) is 5.45. The Morgan fingerprint density at radius 3 is 2.42 bits per heavy atom. The van der Waals surface area contributed by atoms with Crippen LogP contribution in [0.25, 0.3) is 11.3 Å². The van der Waals surface area contributed by atoms with Crippen LogP contribution in [0.2, 0.25) is 0 Å². The van der Waals surface area contributed by atoms with E-state index < -0.39 is 0 Å². The van der Waals surface area contributed by atoms with Gasteiger partial charge in [-0.05, 0) is 79.5 Å². The largest absolute Gasteiger partial charge is 0.460 e. The summed E-state index contributed by atoms with van der Waals surface area (Å²) >= 11 is 0. The predicted octanol–water partition coefficient (Wildman–Crippen LogP) is 5.92. The van der Waals surface area contributed by atoms with Gasteiger partial charge in [0.2, 0.25) is 0 Å². The van der Waals surface area contributed by atoms with E-state index in [1.807, 2.05) is 18.2 Å². The molecule has 4 aliphatic rings. The molecule has 2 atom stereocenters. The summed E-state index contributed by atoms with van der Waals surface area (Å²) in [6.07, 6.45) is 8.07. The molecule has 3 heteroatoms. The lowest BCUT2D eigenvalue weighted by Crippen LogP contribution is -2.63. The molecule has 2 nitrogen and oxygen atoms in total. The molecular formula is C23H28FNO. The van der Waals surface area contributed by atoms with Crippen molar-refractivity contribution in [1.82, 2.24) is 5.32 Å². The Morgan fingerprint density at radius 1 is 1.00 bits per heavy atom. The van der Waals surface area contributed by atoms with Crippen molar-refractivity contribution in [2.45, 2.75) is 64.5 Å². The summed E-state index contributed by atoms with van der Waals surface area (Å²) < 4.78 is 19.9. The smallest absolute Gasteiger partial charge is 0.137 e. The molecular weight excluding hydrogens is 325 g/mol. The zero-order chi connectivity index (χ0) is 18.0. The highest BCUT2D eigenvalue weighted by atomic mass is 19.1. The average molecular weight is 353 g/mol. The SMILES string of the molecule is CC12CC3CC(C)(C1)CC(NCc1ccc(-c4ccccc4F)o1)(C3)C2. The van der Waals surface area contributed by atoms with E-state index in [2.05, 4.69) is 19.2 Å². The monoisotopic (exact) mass is 353 g/mol.